The van der Waals surface area contributed by atoms with Gasteiger partial charge in [-0.15, -0.1) is 0 Å². The Hall–Kier alpha value is -0.130. The summed E-state index contributed by atoms with van der Waals surface area (Å²) in [6, 6.07) is 0. The Morgan fingerprint density at radius 3 is 3.10 bits per heavy atom. The van der Waals surface area contributed by atoms with Crippen molar-refractivity contribution in [1.82, 2.24) is 4.90 Å². The van der Waals surface area contributed by atoms with Crippen LogP contribution in [0.2, 0.25) is 0 Å². The predicted molar refractivity (Wildman–Crippen MR) is 48.3 cm³/mol. The van der Waals surface area contributed by atoms with Crippen LogP contribution in [0.5, 0.6) is 0 Å². The van der Waals surface area contributed by atoms with Crippen molar-refractivity contribution in [3.63, 3.8) is 0 Å². The Labute approximate surface area is 73.6 Å². The van der Waals surface area contributed by atoms with Crippen molar-refractivity contribution in [2.24, 2.45) is 4.99 Å². The van der Waals surface area contributed by atoms with E-state index in [2.05, 4.69) is 27.6 Å². The van der Waals surface area contributed by atoms with Crippen LogP contribution in [0, 0.1) is 0 Å². The van der Waals surface area contributed by atoms with Gasteiger partial charge in [-0.3, -0.25) is 4.79 Å². The Morgan fingerprint density at radius 2 is 2.40 bits per heavy atom. The molecule has 0 saturated heterocycles. The molecule has 0 atom stereocenters. The van der Waals surface area contributed by atoms with Crippen LogP contribution in [-0.2, 0) is 4.79 Å². The van der Waals surface area contributed by atoms with Crippen LogP contribution in [0.4, 0.5) is 0 Å². The molecule has 0 unspecified atom stereocenters. The molecule has 1 heterocycles. The fourth-order valence-electron chi connectivity index (χ4n) is 0.804. The first kappa shape index (κ1) is 7.97. The average Bonchev–Trinajstić information content (AvgIpc) is 1.96. The molecule has 0 aromatic heterocycles. The van der Waals surface area contributed by atoms with Gasteiger partial charge >= 0.3 is 0 Å². The average molecular weight is 252 g/mol. The molecule has 0 aromatic carbocycles. The number of hydrogen-bond acceptors (Lipinski definition) is 2. The zero-order valence-electron chi connectivity index (χ0n) is 5.80. The van der Waals surface area contributed by atoms with E-state index >= 15 is 0 Å². The number of carbonyl (C=O) groups excluding carboxylic acids is 1. The van der Waals surface area contributed by atoms with Gasteiger partial charge in [0.2, 0.25) is 5.91 Å². The van der Waals surface area contributed by atoms with Gasteiger partial charge in [0, 0.05) is 20.0 Å². The van der Waals surface area contributed by atoms with Gasteiger partial charge in [-0.25, -0.2) is 0 Å². The fourth-order valence-corrected chi connectivity index (χ4v) is 1.31. The van der Waals surface area contributed by atoms with E-state index < -0.39 is 0 Å². The maximum atomic E-state index is 10.8. The van der Waals surface area contributed by atoms with Gasteiger partial charge in [0.25, 0.3) is 0 Å². The summed E-state index contributed by atoms with van der Waals surface area (Å²) in [7, 11) is 1.95. The van der Waals surface area contributed by atoms with Crippen molar-refractivity contribution < 1.29 is 4.79 Å². The van der Waals surface area contributed by atoms with Crippen LogP contribution in [0.15, 0.2) is 4.99 Å². The molecular weight excluding hydrogens is 243 g/mol. The Bertz CT molecular complexity index is 179. The lowest BCUT2D eigenvalue weighted by Crippen LogP contribution is -2.21. The minimum Gasteiger partial charge on any atom is -0.355 e. The molecule has 0 radical (unpaired) electrons. The van der Waals surface area contributed by atoms with Crippen LogP contribution in [0.1, 0.15) is 12.8 Å². The van der Waals surface area contributed by atoms with Crippen LogP contribution >= 0.6 is 22.6 Å². The zero-order chi connectivity index (χ0) is 7.56. The highest BCUT2D eigenvalue weighted by Crippen LogP contribution is 2.07. The summed E-state index contributed by atoms with van der Waals surface area (Å²) in [5.74, 6) is 0.00810. The standard InChI is InChI=1S/C6H9IN2O/c1-9-4-2-3-5(10)8-6(9)7/h2-4H2,1H3. The number of rotatable bonds is 0. The van der Waals surface area contributed by atoms with Crippen molar-refractivity contribution >= 4 is 32.3 Å². The van der Waals surface area contributed by atoms with E-state index in [0.717, 1.165) is 16.8 Å². The minimum absolute atomic E-state index is 0.00810. The van der Waals surface area contributed by atoms with Crippen LogP contribution in [0.3, 0.4) is 0 Å². The lowest BCUT2D eigenvalue weighted by atomic mass is 10.3. The van der Waals surface area contributed by atoms with Gasteiger partial charge in [0.05, 0.1) is 0 Å². The SMILES string of the molecule is CN1CCCC(=O)N=C1I. The molecule has 0 bridgehead atoms. The topological polar surface area (TPSA) is 32.7 Å². The third-order valence-electron chi connectivity index (χ3n) is 1.42. The highest BCUT2D eigenvalue weighted by Gasteiger charge is 2.10. The van der Waals surface area contributed by atoms with Crippen LogP contribution in [-0.4, -0.2) is 28.2 Å². The Morgan fingerprint density at radius 1 is 1.70 bits per heavy atom. The van der Waals surface area contributed by atoms with Crippen molar-refractivity contribution in [2.45, 2.75) is 12.8 Å². The molecule has 1 aliphatic heterocycles. The van der Waals surface area contributed by atoms with Gasteiger partial charge in [-0.1, -0.05) is 0 Å². The molecule has 3 nitrogen and oxygen atoms in total. The fraction of sp³-hybridized carbons (Fsp3) is 0.667. The number of aliphatic imine (C=N–C) groups is 1. The molecule has 10 heavy (non-hydrogen) atoms. The van der Waals surface area contributed by atoms with Gasteiger partial charge in [-0.05, 0) is 29.0 Å². The summed E-state index contributed by atoms with van der Waals surface area (Å²) < 4.78 is 0.806. The molecule has 4 heteroatoms. The largest absolute Gasteiger partial charge is 0.355 e. The molecule has 0 fully saturated rings. The molecular formula is C6H9IN2O. The maximum absolute atomic E-state index is 10.8. The third-order valence-corrected chi connectivity index (χ3v) is 2.48. The smallest absolute Gasteiger partial charge is 0.248 e. The number of amidine groups is 1. The summed E-state index contributed by atoms with van der Waals surface area (Å²) in [6.45, 7) is 0.938. The first-order chi connectivity index (χ1) is 4.70. The summed E-state index contributed by atoms with van der Waals surface area (Å²) in [5, 5.41) is 0. The van der Waals surface area contributed by atoms with Gasteiger partial charge < -0.3 is 4.90 Å². The highest BCUT2D eigenvalue weighted by molar-refractivity contribution is 14.1. The van der Waals surface area contributed by atoms with E-state index in [4.69, 9.17) is 0 Å². The van der Waals surface area contributed by atoms with Crippen LogP contribution in [0.25, 0.3) is 0 Å². The van der Waals surface area contributed by atoms with Gasteiger partial charge in [-0.2, -0.15) is 4.99 Å². The molecule has 1 rings (SSSR count). The number of amides is 1. The number of hydrogen-bond donors (Lipinski definition) is 0. The molecule has 0 N–H and O–H groups in total. The first-order valence-electron chi connectivity index (χ1n) is 3.18. The second-order valence-electron chi connectivity index (χ2n) is 2.30. The second kappa shape index (κ2) is 3.32. The zero-order valence-corrected chi connectivity index (χ0v) is 7.96. The van der Waals surface area contributed by atoms with E-state index in [-0.39, 0.29) is 5.91 Å². The Kier molecular flexibility index (Phi) is 2.64. The van der Waals surface area contributed by atoms with Crippen molar-refractivity contribution in [3.8, 4) is 0 Å². The number of nitrogens with zero attached hydrogens (tertiary/aromatic N) is 2. The molecule has 0 aromatic rings. The maximum Gasteiger partial charge on any atom is 0.248 e. The van der Waals surface area contributed by atoms with Crippen LogP contribution < -0.4 is 0 Å². The van der Waals surface area contributed by atoms with Crippen molar-refractivity contribution in [2.75, 3.05) is 13.6 Å². The summed E-state index contributed by atoms with van der Waals surface area (Å²) in [4.78, 5) is 16.7. The van der Waals surface area contributed by atoms with Crippen molar-refractivity contribution in [1.29, 1.82) is 0 Å². The minimum atomic E-state index is 0.00810. The summed E-state index contributed by atoms with van der Waals surface area (Å²) in [6.07, 6.45) is 1.52. The second-order valence-corrected chi connectivity index (χ2v) is 3.26. The van der Waals surface area contributed by atoms with Gasteiger partial charge in [0.1, 0.15) is 0 Å². The summed E-state index contributed by atoms with van der Waals surface area (Å²) in [5.41, 5.74) is 0. The quantitative estimate of drug-likeness (QED) is 0.476. The highest BCUT2D eigenvalue weighted by atomic mass is 127. The third kappa shape index (κ3) is 1.93. The molecule has 0 saturated carbocycles. The molecule has 0 aliphatic carbocycles. The molecule has 56 valence electrons. The van der Waals surface area contributed by atoms with E-state index in [1.165, 1.54) is 0 Å². The lowest BCUT2D eigenvalue weighted by molar-refractivity contribution is -0.117. The number of carbonyl (C=O) groups is 1. The van der Waals surface area contributed by atoms with E-state index in [1.807, 2.05) is 11.9 Å². The first-order valence-corrected chi connectivity index (χ1v) is 4.26. The van der Waals surface area contributed by atoms with Gasteiger partial charge in [0.15, 0.2) is 3.84 Å². The van der Waals surface area contributed by atoms with E-state index in [1.54, 1.807) is 0 Å². The Balaban J connectivity index is 2.70. The number of halogens is 1. The monoisotopic (exact) mass is 252 g/mol. The van der Waals surface area contributed by atoms with E-state index in [0.29, 0.717) is 6.42 Å². The summed E-state index contributed by atoms with van der Waals surface area (Å²) >= 11 is 2.08. The van der Waals surface area contributed by atoms with E-state index in [9.17, 15) is 4.79 Å². The normalized spacial score (nSPS) is 20.4. The lowest BCUT2D eigenvalue weighted by Gasteiger charge is -2.12. The van der Waals surface area contributed by atoms with Crippen molar-refractivity contribution in [3.05, 3.63) is 0 Å². The molecule has 1 amide bonds. The predicted octanol–water partition coefficient (Wildman–Crippen LogP) is 1.03. The molecule has 0 spiro atoms. The molecule has 1 aliphatic rings.